The van der Waals surface area contributed by atoms with Gasteiger partial charge in [-0.2, -0.15) is 0 Å². The summed E-state index contributed by atoms with van der Waals surface area (Å²) in [5.41, 5.74) is 5.82. The van der Waals surface area contributed by atoms with Crippen LogP contribution in [0.1, 0.15) is 94.2 Å². The Bertz CT molecular complexity index is 1330. The molecule has 0 amide bonds. The molecule has 1 aliphatic carbocycles. The van der Waals surface area contributed by atoms with Crippen LogP contribution in [0.15, 0.2) is 64.7 Å². The topological polar surface area (TPSA) is 61.7 Å². The third kappa shape index (κ3) is 6.64. The van der Waals surface area contributed by atoms with Gasteiger partial charge in [-0.3, -0.25) is 4.79 Å². The predicted molar refractivity (Wildman–Crippen MR) is 162 cm³/mol. The molecule has 0 atom stereocenters. The summed E-state index contributed by atoms with van der Waals surface area (Å²) < 4.78 is 0. The Kier molecular flexibility index (Phi) is 7.64. The van der Waals surface area contributed by atoms with E-state index in [0.29, 0.717) is 17.1 Å². The summed E-state index contributed by atoms with van der Waals surface area (Å²) in [6, 6.07) is 11.8. The number of phenolic OH excluding ortho intramolecular Hbond substituents is 1. The Morgan fingerprint density at radius 3 is 1.89 bits per heavy atom. The van der Waals surface area contributed by atoms with E-state index < -0.39 is 0 Å². The van der Waals surface area contributed by atoms with Crippen molar-refractivity contribution < 1.29 is 9.90 Å². The van der Waals surface area contributed by atoms with Crippen LogP contribution in [-0.2, 0) is 15.6 Å². The molecule has 1 aliphatic rings. The van der Waals surface area contributed by atoms with Crippen molar-refractivity contribution in [2.75, 3.05) is 5.32 Å². The van der Waals surface area contributed by atoms with Crippen molar-refractivity contribution in [3.8, 4) is 5.75 Å². The lowest BCUT2D eigenvalue weighted by atomic mass is 9.74. The van der Waals surface area contributed by atoms with Crippen molar-refractivity contribution in [3.63, 3.8) is 0 Å². The van der Waals surface area contributed by atoms with Gasteiger partial charge in [0, 0.05) is 16.8 Å². The maximum absolute atomic E-state index is 13.4. The molecule has 3 rings (SSSR count). The largest absolute Gasteiger partial charge is 0.505 e. The number of hydrogen-bond donors (Lipinski definition) is 2. The fraction of sp³-hybridized carbons (Fsp3) is 0.471. The van der Waals surface area contributed by atoms with Crippen LogP contribution in [0.3, 0.4) is 0 Å². The maximum Gasteiger partial charge on any atom is 0.207 e. The number of anilines is 2. The molecule has 0 aromatic heterocycles. The van der Waals surface area contributed by atoms with Crippen LogP contribution < -0.4 is 5.32 Å². The van der Waals surface area contributed by atoms with E-state index in [-0.39, 0.29) is 33.2 Å². The Morgan fingerprint density at radius 1 is 0.737 bits per heavy atom. The van der Waals surface area contributed by atoms with Crippen LogP contribution in [0.4, 0.5) is 17.1 Å². The van der Waals surface area contributed by atoms with Crippen LogP contribution >= 0.6 is 0 Å². The molecule has 0 spiro atoms. The Labute approximate surface area is 230 Å². The molecule has 204 valence electrons. The van der Waals surface area contributed by atoms with E-state index in [2.05, 4.69) is 94.5 Å². The van der Waals surface area contributed by atoms with Gasteiger partial charge < -0.3 is 10.4 Å². The third-order valence-corrected chi connectivity index (χ3v) is 6.90. The minimum atomic E-state index is -0.285. The van der Waals surface area contributed by atoms with Crippen molar-refractivity contribution in [1.29, 1.82) is 0 Å². The number of ketones is 1. The number of aromatic hydroxyl groups is 1. The summed E-state index contributed by atoms with van der Waals surface area (Å²) in [4.78, 5) is 18.3. The minimum Gasteiger partial charge on any atom is -0.505 e. The number of aliphatic imine (C=N–C) groups is 1. The van der Waals surface area contributed by atoms with E-state index in [4.69, 9.17) is 4.99 Å². The zero-order valence-corrected chi connectivity index (χ0v) is 25.4. The first-order valence-electron chi connectivity index (χ1n) is 13.5. The van der Waals surface area contributed by atoms with Crippen molar-refractivity contribution >= 4 is 28.6 Å². The standard InChI is InChI=1S/C34H46N2O2/c1-31(2,3)21-16-25(33(7,8)9)29(37)27(18-21)35-23-14-13-15-24(20-23)36-28-19-22(32(4,5)6)17-26(30(28)38)34(10,11)12/h13-20,35,37H,1-12H3. The SMILES string of the molecule is CC(C)(C)C1=CC(=Nc2cccc(Nc3cc(C(C)(C)C)cc(C(C)(C)C)c3O)c2)C(=O)C(C(C)(C)C)=C1. The lowest BCUT2D eigenvalue weighted by Gasteiger charge is -2.30. The molecule has 0 radical (unpaired) electrons. The lowest BCUT2D eigenvalue weighted by molar-refractivity contribution is -0.110. The number of nitrogens with zero attached hydrogens (tertiary/aromatic N) is 1. The zero-order valence-electron chi connectivity index (χ0n) is 25.4. The number of allylic oxidation sites excluding steroid dienone is 4. The molecule has 38 heavy (non-hydrogen) atoms. The molecule has 0 heterocycles. The highest BCUT2D eigenvalue weighted by atomic mass is 16.3. The van der Waals surface area contributed by atoms with Crippen LogP contribution in [-0.4, -0.2) is 16.6 Å². The second-order valence-corrected chi connectivity index (χ2v) is 14.6. The van der Waals surface area contributed by atoms with Crippen molar-refractivity contribution in [2.24, 2.45) is 15.8 Å². The van der Waals surface area contributed by atoms with Gasteiger partial charge in [-0.05, 0) is 63.1 Å². The molecular weight excluding hydrogens is 468 g/mol. The molecule has 4 heteroatoms. The Hall–Kier alpha value is -3.14. The van der Waals surface area contributed by atoms with E-state index in [1.807, 2.05) is 42.5 Å². The minimum absolute atomic E-state index is 0.0331. The molecule has 2 N–H and O–H groups in total. The van der Waals surface area contributed by atoms with Crippen LogP contribution in [0.5, 0.6) is 5.75 Å². The second kappa shape index (κ2) is 9.87. The highest BCUT2D eigenvalue weighted by molar-refractivity contribution is 6.51. The fourth-order valence-corrected chi connectivity index (χ4v) is 4.37. The molecule has 0 unspecified atom stereocenters. The van der Waals surface area contributed by atoms with Gasteiger partial charge in [-0.15, -0.1) is 0 Å². The van der Waals surface area contributed by atoms with E-state index in [1.165, 1.54) is 0 Å². The Morgan fingerprint density at radius 2 is 1.37 bits per heavy atom. The maximum atomic E-state index is 13.4. The average Bonchev–Trinajstić information content (AvgIpc) is 2.73. The number of phenols is 1. The zero-order chi connectivity index (χ0) is 28.8. The van der Waals surface area contributed by atoms with Crippen molar-refractivity contribution in [3.05, 3.63) is 70.8 Å². The molecular formula is C34H46N2O2. The van der Waals surface area contributed by atoms with Gasteiger partial charge in [-0.1, -0.05) is 101 Å². The fourth-order valence-electron chi connectivity index (χ4n) is 4.37. The predicted octanol–water partition coefficient (Wildman–Crippen LogP) is 9.33. The summed E-state index contributed by atoms with van der Waals surface area (Å²) in [7, 11) is 0. The smallest absolute Gasteiger partial charge is 0.207 e. The summed E-state index contributed by atoms with van der Waals surface area (Å²) in [5.74, 6) is 0.219. The first kappa shape index (κ1) is 29.4. The number of carbonyl (C=O) groups is 1. The van der Waals surface area contributed by atoms with Gasteiger partial charge in [0.15, 0.2) is 0 Å². The number of benzene rings is 2. The first-order chi connectivity index (χ1) is 17.2. The van der Waals surface area contributed by atoms with Crippen LogP contribution in [0, 0.1) is 10.8 Å². The number of hydrogen-bond acceptors (Lipinski definition) is 4. The lowest BCUT2D eigenvalue weighted by Crippen LogP contribution is -2.29. The number of carbonyl (C=O) groups excluding carboxylic acids is 1. The molecule has 0 saturated carbocycles. The highest BCUT2D eigenvalue weighted by Gasteiger charge is 2.32. The number of nitrogens with one attached hydrogen (secondary N) is 1. The van der Waals surface area contributed by atoms with Gasteiger partial charge in [0.05, 0.1) is 11.4 Å². The molecule has 2 aromatic rings. The van der Waals surface area contributed by atoms with Crippen LogP contribution in [0.25, 0.3) is 0 Å². The van der Waals surface area contributed by atoms with Crippen molar-refractivity contribution in [1.82, 2.24) is 0 Å². The summed E-state index contributed by atoms with van der Waals surface area (Å²) in [5, 5.41) is 14.6. The van der Waals surface area contributed by atoms with E-state index in [1.54, 1.807) is 0 Å². The van der Waals surface area contributed by atoms with Gasteiger partial charge in [0.25, 0.3) is 0 Å². The average molecular weight is 515 g/mol. The third-order valence-electron chi connectivity index (χ3n) is 6.90. The van der Waals surface area contributed by atoms with Gasteiger partial charge >= 0.3 is 0 Å². The molecule has 0 bridgehead atoms. The van der Waals surface area contributed by atoms with Crippen LogP contribution in [0.2, 0.25) is 0 Å². The normalized spacial score (nSPS) is 16.4. The number of Topliss-reactive ketones (excluding diaryl/α,β-unsaturated/α-hetero) is 1. The molecule has 4 nitrogen and oxygen atoms in total. The summed E-state index contributed by atoms with van der Waals surface area (Å²) in [6.45, 7) is 25.5. The van der Waals surface area contributed by atoms with E-state index in [9.17, 15) is 9.90 Å². The van der Waals surface area contributed by atoms with Gasteiger partial charge in [0.1, 0.15) is 11.5 Å². The summed E-state index contributed by atoms with van der Waals surface area (Å²) >= 11 is 0. The quantitative estimate of drug-likeness (QED) is 0.317. The van der Waals surface area contributed by atoms with E-state index >= 15 is 0 Å². The molecule has 0 saturated heterocycles. The molecule has 0 aliphatic heterocycles. The van der Waals surface area contributed by atoms with Gasteiger partial charge in [-0.25, -0.2) is 4.99 Å². The van der Waals surface area contributed by atoms with E-state index in [0.717, 1.165) is 28.0 Å². The summed E-state index contributed by atoms with van der Waals surface area (Å²) in [6.07, 6.45) is 3.96. The monoisotopic (exact) mass is 514 g/mol. The molecule has 2 aromatic carbocycles. The number of rotatable bonds is 3. The Balaban J connectivity index is 2.07. The first-order valence-corrected chi connectivity index (χ1v) is 13.5. The second-order valence-electron chi connectivity index (χ2n) is 14.6. The van der Waals surface area contributed by atoms with Crippen molar-refractivity contribution in [2.45, 2.75) is 93.9 Å². The van der Waals surface area contributed by atoms with Gasteiger partial charge in [0.2, 0.25) is 5.78 Å². The molecule has 0 fully saturated rings. The highest BCUT2D eigenvalue weighted by Crippen LogP contribution is 2.42.